The molecule has 0 bridgehead atoms. The van der Waals surface area contributed by atoms with Crippen LogP contribution in [0.25, 0.3) is 0 Å². The molecule has 0 aliphatic rings. The highest BCUT2D eigenvalue weighted by Crippen LogP contribution is 2.25. The van der Waals surface area contributed by atoms with Gasteiger partial charge >= 0.3 is 0 Å². The van der Waals surface area contributed by atoms with Crippen LogP contribution in [0, 0.1) is 12.7 Å². The molecule has 1 aromatic carbocycles. The molecule has 0 aliphatic heterocycles. The largest absolute Gasteiger partial charge is 0.439 e. The van der Waals surface area contributed by atoms with E-state index in [-0.39, 0.29) is 5.02 Å². The van der Waals surface area contributed by atoms with Crippen molar-refractivity contribution in [1.29, 1.82) is 0 Å². The second-order valence-electron chi connectivity index (χ2n) is 4.28. The maximum Gasteiger partial charge on any atom is 0.226 e. The molecule has 0 radical (unpaired) electrons. The van der Waals surface area contributed by atoms with Gasteiger partial charge in [0.15, 0.2) is 0 Å². The van der Waals surface area contributed by atoms with Crippen molar-refractivity contribution < 1.29 is 9.13 Å². The molecule has 0 spiro atoms. The number of halogens is 2. The van der Waals surface area contributed by atoms with Crippen molar-refractivity contribution in [3.63, 3.8) is 0 Å². The molecule has 0 saturated heterocycles. The zero-order valence-corrected chi connectivity index (χ0v) is 12.0. The smallest absolute Gasteiger partial charge is 0.226 e. The van der Waals surface area contributed by atoms with Crippen LogP contribution in [-0.2, 0) is 0 Å². The number of aryl methyl sites for hydroxylation is 1. The van der Waals surface area contributed by atoms with Crippen LogP contribution in [-0.4, -0.2) is 16.5 Å². The fraction of sp³-hybridized carbons (Fsp3) is 0.286. The van der Waals surface area contributed by atoms with E-state index in [2.05, 4.69) is 22.2 Å². The molecule has 1 aromatic heterocycles. The quantitative estimate of drug-likeness (QED) is 0.898. The average molecular weight is 296 g/mol. The molecule has 0 aliphatic carbocycles. The van der Waals surface area contributed by atoms with Crippen LogP contribution >= 0.6 is 11.6 Å². The lowest BCUT2D eigenvalue weighted by molar-refractivity contribution is 0.460. The van der Waals surface area contributed by atoms with E-state index in [1.54, 1.807) is 6.07 Å². The molecule has 1 N–H and O–H groups in total. The molecule has 4 nitrogen and oxygen atoms in total. The maximum absolute atomic E-state index is 13.1. The Kier molecular flexibility index (Phi) is 4.74. The molecule has 0 amide bonds. The summed E-state index contributed by atoms with van der Waals surface area (Å²) in [7, 11) is 0. The third kappa shape index (κ3) is 3.81. The summed E-state index contributed by atoms with van der Waals surface area (Å²) in [6, 6.07) is 5.86. The molecule has 0 atom stereocenters. The van der Waals surface area contributed by atoms with Gasteiger partial charge in [-0.15, -0.1) is 0 Å². The molecule has 0 unspecified atom stereocenters. The van der Waals surface area contributed by atoms with Crippen molar-refractivity contribution in [2.24, 2.45) is 0 Å². The topological polar surface area (TPSA) is 47.0 Å². The van der Waals surface area contributed by atoms with Gasteiger partial charge in [0.25, 0.3) is 0 Å². The van der Waals surface area contributed by atoms with Gasteiger partial charge in [-0.25, -0.2) is 9.37 Å². The van der Waals surface area contributed by atoms with Crippen LogP contribution in [0.4, 0.5) is 10.3 Å². The highest BCUT2D eigenvalue weighted by atomic mass is 35.5. The Labute approximate surface area is 122 Å². The predicted octanol–water partition coefficient (Wildman–Crippen LogP) is 4.19. The lowest BCUT2D eigenvalue weighted by atomic mass is 10.3. The first kappa shape index (κ1) is 14.5. The van der Waals surface area contributed by atoms with Gasteiger partial charge in [-0.3, -0.25) is 0 Å². The fourth-order valence-corrected chi connectivity index (χ4v) is 1.74. The van der Waals surface area contributed by atoms with Crippen LogP contribution in [0.15, 0.2) is 24.3 Å². The Hall–Kier alpha value is -1.88. The standard InChI is InChI=1S/C14H15ClFN3O/c1-3-6-17-14-18-9(2)7-13(19-14)20-10-4-5-12(16)11(15)8-10/h4-5,7-8H,3,6H2,1-2H3,(H,17,18,19). The Morgan fingerprint density at radius 1 is 1.30 bits per heavy atom. The Balaban J connectivity index is 2.19. The molecular formula is C14H15ClFN3O. The van der Waals surface area contributed by atoms with E-state index in [1.807, 2.05) is 6.92 Å². The van der Waals surface area contributed by atoms with Crippen LogP contribution in [0.5, 0.6) is 11.6 Å². The molecule has 20 heavy (non-hydrogen) atoms. The van der Waals surface area contributed by atoms with Crippen LogP contribution < -0.4 is 10.1 Å². The Morgan fingerprint density at radius 2 is 2.10 bits per heavy atom. The van der Waals surface area contributed by atoms with Crippen molar-refractivity contribution in [3.05, 3.63) is 40.8 Å². The number of hydrogen-bond donors (Lipinski definition) is 1. The number of anilines is 1. The summed E-state index contributed by atoms with van der Waals surface area (Å²) in [6.45, 7) is 4.69. The van der Waals surface area contributed by atoms with Gasteiger partial charge in [-0.2, -0.15) is 4.98 Å². The van der Waals surface area contributed by atoms with Gasteiger partial charge < -0.3 is 10.1 Å². The summed E-state index contributed by atoms with van der Waals surface area (Å²) in [5, 5.41) is 3.11. The van der Waals surface area contributed by atoms with E-state index in [9.17, 15) is 4.39 Å². The summed E-state index contributed by atoms with van der Waals surface area (Å²) in [6.07, 6.45) is 0.973. The molecule has 2 rings (SSSR count). The summed E-state index contributed by atoms with van der Waals surface area (Å²) < 4.78 is 18.7. The van der Waals surface area contributed by atoms with Crippen molar-refractivity contribution in [2.45, 2.75) is 20.3 Å². The van der Waals surface area contributed by atoms with E-state index in [0.29, 0.717) is 17.6 Å². The number of rotatable bonds is 5. The minimum Gasteiger partial charge on any atom is -0.439 e. The summed E-state index contributed by atoms with van der Waals surface area (Å²) in [4.78, 5) is 8.49. The van der Waals surface area contributed by atoms with Crippen molar-refractivity contribution in [2.75, 3.05) is 11.9 Å². The first-order valence-electron chi connectivity index (χ1n) is 6.31. The number of nitrogens with one attached hydrogen (secondary N) is 1. The molecule has 0 fully saturated rings. The maximum atomic E-state index is 13.1. The zero-order chi connectivity index (χ0) is 14.5. The number of aromatic nitrogens is 2. The van der Waals surface area contributed by atoms with Gasteiger partial charge in [0.2, 0.25) is 11.8 Å². The molecule has 2 aromatic rings. The third-order valence-corrected chi connectivity index (χ3v) is 2.77. The van der Waals surface area contributed by atoms with E-state index in [4.69, 9.17) is 16.3 Å². The highest BCUT2D eigenvalue weighted by molar-refractivity contribution is 6.30. The molecule has 0 saturated carbocycles. The Morgan fingerprint density at radius 3 is 2.80 bits per heavy atom. The second-order valence-corrected chi connectivity index (χ2v) is 4.68. The number of hydrogen-bond acceptors (Lipinski definition) is 4. The Bertz CT molecular complexity index is 607. The van der Waals surface area contributed by atoms with E-state index >= 15 is 0 Å². The molecule has 6 heteroatoms. The normalized spacial score (nSPS) is 10.4. The predicted molar refractivity (Wildman–Crippen MR) is 77.0 cm³/mol. The van der Waals surface area contributed by atoms with Gasteiger partial charge in [0, 0.05) is 24.4 Å². The molecular weight excluding hydrogens is 281 g/mol. The summed E-state index contributed by atoms with van der Waals surface area (Å²) >= 11 is 5.71. The summed E-state index contributed by atoms with van der Waals surface area (Å²) in [5.41, 5.74) is 0.779. The van der Waals surface area contributed by atoms with E-state index in [1.165, 1.54) is 18.2 Å². The van der Waals surface area contributed by atoms with Crippen LogP contribution in [0.3, 0.4) is 0 Å². The first-order valence-corrected chi connectivity index (χ1v) is 6.68. The SMILES string of the molecule is CCCNc1nc(C)cc(Oc2ccc(F)c(Cl)c2)n1. The van der Waals surface area contributed by atoms with Crippen LogP contribution in [0.2, 0.25) is 5.02 Å². The zero-order valence-electron chi connectivity index (χ0n) is 11.3. The lowest BCUT2D eigenvalue weighted by Crippen LogP contribution is -2.05. The van der Waals surface area contributed by atoms with Gasteiger partial charge in [0.1, 0.15) is 11.6 Å². The first-order chi connectivity index (χ1) is 9.58. The molecule has 106 valence electrons. The number of nitrogens with zero attached hydrogens (tertiary/aromatic N) is 2. The monoisotopic (exact) mass is 295 g/mol. The average Bonchev–Trinajstić information content (AvgIpc) is 2.40. The van der Waals surface area contributed by atoms with Crippen molar-refractivity contribution in [3.8, 4) is 11.6 Å². The summed E-state index contributed by atoms with van der Waals surface area (Å²) in [5.74, 6) is 0.841. The highest BCUT2D eigenvalue weighted by Gasteiger charge is 2.06. The fourth-order valence-electron chi connectivity index (χ4n) is 1.57. The lowest BCUT2D eigenvalue weighted by Gasteiger charge is -2.09. The minimum absolute atomic E-state index is 0.0117. The van der Waals surface area contributed by atoms with Gasteiger partial charge in [-0.05, 0) is 25.5 Å². The number of ether oxygens (including phenoxy) is 1. The molecule has 1 heterocycles. The van der Waals surface area contributed by atoms with E-state index < -0.39 is 5.82 Å². The van der Waals surface area contributed by atoms with Gasteiger partial charge in [0.05, 0.1) is 5.02 Å². The van der Waals surface area contributed by atoms with Crippen LogP contribution in [0.1, 0.15) is 19.0 Å². The van der Waals surface area contributed by atoms with Crippen molar-refractivity contribution >= 4 is 17.5 Å². The second kappa shape index (κ2) is 6.52. The van der Waals surface area contributed by atoms with E-state index in [0.717, 1.165) is 18.7 Å². The minimum atomic E-state index is -0.483. The third-order valence-electron chi connectivity index (χ3n) is 2.48. The van der Waals surface area contributed by atoms with Crippen molar-refractivity contribution in [1.82, 2.24) is 9.97 Å². The number of benzene rings is 1. The van der Waals surface area contributed by atoms with Gasteiger partial charge in [-0.1, -0.05) is 18.5 Å².